The summed E-state index contributed by atoms with van der Waals surface area (Å²) >= 11 is 0. The Kier molecular flexibility index (Phi) is 4.90. The lowest BCUT2D eigenvalue weighted by Crippen LogP contribution is -2.56. The van der Waals surface area contributed by atoms with Crippen LogP contribution in [0.5, 0.6) is 0 Å². The van der Waals surface area contributed by atoms with Gasteiger partial charge < -0.3 is 10.2 Å². The summed E-state index contributed by atoms with van der Waals surface area (Å²) in [6.07, 6.45) is 13.7. The van der Waals surface area contributed by atoms with Gasteiger partial charge in [-0.15, -0.1) is 0 Å². The summed E-state index contributed by atoms with van der Waals surface area (Å²) < 4.78 is 13.5. The SMILES string of the molecule is CC(C)(O)CC[C@@]1(C)C[C@@]12CCC1C3CC[C@H]4C[C@@](O)(CF)CC[C@]4(C)C3CC[C@@]12C. The molecule has 5 aliphatic carbocycles. The van der Waals surface area contributed by atoms with E-state index in [1.807, 2.05) is 13.8 Å². The number of rotatable bonds is 4. The minimum absolute atomic E-state index is 0.301. The highest BCUT2D eigenvalue weighted by Crippen LogP contribution is 2.84. The summed E-state index contributed by atoms with van der Waals surface area (Å²) in [4.78, 5) is 0. The Morgan fingerprint density at radius 1 is 0.935 bits per heavy atom. The first-order valence-corrected chi connectivity index (χ1v) is 13.3. The average Bonchev–Trinajstić information content (AvgIpc) is 3.20. The van der Waals surface area contributed by atoms with Crippen molar-refractivity contribution in [3.63, 3.8) is 0 Å². The van der Waals surface area contributed by atoms with Crippen LogP contribution in [0.3, 0.4) is 0 Å². The van der Waals surface area contributed by atoms with Crippen molar-refractivity contribution in [3.05, 3.63) is 0 Å². The Bertz CT molecular complexity index is 731. The van der Waals surface area contributed by atoms with Crippen LogP contribution in [0.2, 0.25) is 0 Å². The molecule has 3 unspecified atom stereocenters. The van der Waals surface area contributed by atoms with Gasteiger partial charge >= 0.3 is 0 Å². The summed E-state index contributed by atoms with van der Waals surface area (Å²) in [5.74, 6) is 2.94. The molecule has 0 amide bonds. The van der Waals surface area contributed by atoms with Gasteiger partial charge in [-0.1, -0.05) is 20.8 Å². The van der Waals surface area contributed by atoms with E-state index in [4.69, 9.17) is 0 Å². The van der Waals surface area contributed by atoms with Crippen LogP contribution in [0.4, 0.5) is 4.39 Å². The van der Waals surface area contributed by atoms with Crippen molar-refractivity contribution in [2.45, 2.75) is 123 Å². The smallest absolute Gasteiger partial charge is 0.118 e. The van der Waals surface area contributed by atoms with E-state index in [2.05, 4.69) is 20.8 Å². The van der Waals surface area contributed by atoms with Crippen LogP contribution in [0.25, 0.3) is 0 Å². The molecular weight excluding hydrogens is 387 g/mol. The lowest BCUT2D eigenvalue weighted by molar-refractivity contribution is -0.157. The van der Waals surface area contributed by atoms with Crippen LogP contribution in [-0.4, -0.2) is 28.1 Å². The van der Waals surface area contributed by atoms with Gasteiger partial charge in [-0.05, 0) is 136 Å². The highest BCUT2D eigenvalue weighted by atomic mass is 19.1. The number of halogens is 1. The molecule has 0 heterocycles. The standard InChI is InChI=1S/C28H47FO2/c1-23(2,30)12-13-24(3)17-28(24)11-9-22-20-7-6-19-16-27(31,18-29)15-14-25(19,4)21(20)8-10-26(22,28)5/h19-22,30-31H,6-18H2,1-5H3/t19-,20?,21?,22?,24-,25-,26-,27+,28-/m0/s1. The zero-order chi connectivity index (χ0) is 22.5. The molecule has 5 saturated carbocycles. The molecule has 31 heavy (non-hydrogen) atoms. The summed E-state index contributed by atoms with van der Waals surface area (Å²) in [7, 11) is 0. The van der Waals surface area contributed by atoms with Gasteiger partial charge in [0.25, 0.3) is 0 Å². The second-order valence-electron chi connectivity index (χ2n) is 14.3. The Morgan fingerprint density at radius 2 is 1.65 bits per heavy atom. The molecule has 1 spiro atoms. The quantitative estimate of drug-likeness (QED) is 0.518. The molecule has 5 fully saturated rings. The number of aliphatic hydroxyl groups is 2. The lowest BCUT2D eigenvalue weighted by atomic mass is 9.43. The van der Waals surface area contributed by atoms with Crippen LogP contribution < -0.4 is 0 Å². The normalized spacial score (nSPS) is 56.1. The minimum atomic E-state index is -1.05. The van der Waals surface area contributed by atoms with Crippen LogP contribution in [-0.2, 0) is 0 Å². The van der Waals surface area contributed by atoms with Gasteiger partial charge in [-0.2, -0.15) is 0 Å². The fourth-order valence-corrected chi connectivity index (χ4v) is 10.4. The topological polar surface area (TPSA) is 40.5 Å². The molecule has 0 aromatic heterocycles. The molecule has 0 aliphatic heterocycles. The molecule has 0 aromatic rings. The third-order valence-electron chi connectivity index (χ3n) is 12.4. The number of hydrogen-bond acceptors (Lipinski definition) is 2. The summed E-state index contributed by atoms with van der Waals surface area (Å²) in [6.45, 7) is 11.0. The van der Waals surface area contributed by atoms with E-state index in [1.54, 1.807) is 0 Å². The first-order valence-electron chi connectivity index (χ1n) is 13.3. The van der Waals surface area contributed by atoms with Gasteiger partial charge in [0.05, 0.1) is 11.2 Å². The maximum Gasteiger partial charge on any atom is 0.118 e. The minimum Gasteiger partial charge on any atom is -0.390 e. The Morgan fingerprint density at radius 3 is 2.32 bits per heavy atom. The highest BCUT2D eigenvalue weighted by Gasteiger charge is 2.77. The molecule has 5 rings (SSSR count). The van der Waals surface area contributed by atoms with Crippen molar-refractivity contribution in [2.75, 3.05) is 6.67 Å². The van der Waals surface area contributed by atoms with Gasteiger partial charge in [0.15, 0.2) is 0 Å². The molecule has 5 aliphatic rings. The molecule has 0 aromatic carbocycles. The molecule has 0 radical (unpaired) electrons. The molecular formula is C28H47FO2. The Balaban J connectivity index is 1.36. The molecule has 3 heteroatoms. The second kappa shape index (κ2) is 6.71. The predicted molar refractivity (Wildman–Crippen MR) is 123 cm³/mol. The van der Waals surface area contributed by atoms with Crippen molar-refractivity contribution < 1.29 is 14.6 Å². The molecule has 0 saturated heterocycles. The highest BCUT2D eigenvalue weighted by molar-refractivity contribution is 5.25. The van der Waals surface area contributed by atoms with E-state index >= 15 is 0 Å². The zero-order valence-electron chi connectivity index (χ0n) is 20.8. The van der Waals surface area contributed by atoms with Crippen molar-refractivity contribution in [2.24, 2.45) is 45.3 Å². The van der Waals surface area contributed by atoms with Crippen LogP contribution >= 0.6 is 0 Å². The van der Waals surface area contributed by atoms with E-state index in [0.717, 1.165) is 37.0 Å². The van der Waals surface area contributed by atoms with Gasteiger partial charge in [-0.25, -0.2) is 4.39 Å². The molecule has 9 atom stereocenters. The van der Waals surface area contributed by atoms with E-state index < -0.39 is 17.9 Å². The summed E-state index contributed by atoms with van der Waals surface area (Å²) in [6, 6.07) is 0. The van der Waals surface area contributed by atoms with E-state index in [0.29, 0.717) is 40.4 Å². The van der Waals surface area contributed by atoms with E-state index in [9.17, 15) is 14.6 Å². The van der Waals surface area contributed by atoms with E-state index in [-0.39, 0.29) is 0 Å². The van der Waals surface area contributed by atoms with Crippen LogP contribution in [0.15, 0.2) is 0 Å². The summed E-state index contributed by atoms with van der Waals surface area (Å²) in [5.41, 5.74) is 0.0641. The first kappa shape index (κ1) is 22.6. The summed E-state index contributed by atoms with van der Waals surface area (Å²) in [5, 5.41) is 21.0. The fraction of sp³-hybridized carbons (Fsp3) is 1.00. The monoisotopic (exact) mass is 434 g/mol. The van der Waals surface area contributed by atoms with Crippen molar-refractivity contribution in [3.8, 4) is 0 Å². The number of alkyl halides is 1. The fourth-order valence-electron chi connectivity index (χ4n) is 10.4. The molecule has 0 bridgehead atoms. The first-order chi connectivity index (χ1) is 14.3. The van der Waals surface area contributed by atoms with E-state index in [1.165, 1.54) is 44.9 Å². The van der Waals surface area contributed by atoms with Crippen molar-refractivity contribution >= 4 is 0 Å². The van der Waals surface area contributed by atoms with Crippen molar-refractivity contribution in [1.82, 2.24) is 0 Å². The number of hydrogen-bond donors (Lipinski definition) is 2. The van der Waals surface area contributed by atoms with Gasteiger partial charge in [0.1, 0.15) is 6.67 Å². The largest absolute Gasteiger partial charge is 0.390 e. The average molecular weight is 435 g/mol. The zero-order valence-corrected chi connectivity index (χ0v) is 20.8. The third-order valence-corrected chi connectivity index (χ3v) is 12.4. The molecule has 2 N–H and O–H groups in total. The lowest BCUT2D eigenvalue weighted by Gasteiger charge is -2.62. The van der Waals surface area contributed by atoms with Gasteiger partial charge in [-0.3, -0.25) is 0 Å². The van der Waals surface area contributed by atoms with Gasteiger partial charge in [0, 0.05) is 0 Å². The maximum atomic E-state index is 13.5. The van der Waals surface area contributed by atoms with Crippen LogP contribution in [0.1, 0.15) is 112 Å². The maximum absolute atomic E-state index is 13.5. The third kappa shape index (κ3) is 3.07. The molecule has 2 nitrogen and oxygen atoms in total. The van der Waals surface area contributed by atoms with Crippen LogP contribution in [0, 0.1) is 45.3 Å². The Labute approximate surface area is 189 Å². The van der Waals surface area contributed by atoms with Crippen molar-refractivity contribution in [1.29, 1.82) is 0 Å². The Hall–Kier alpha value is -0.150. The second-order valence-corrected chi connectivity index (χ2v) is 14.3. The van der Waals surface area contributed by atoms with Gasteiger partial charge in [0.2, 0.25) is 0 Å². The number of fused-ring (bicyclic) bond motifs is 6. The molecule has 178 valence electrons. The predicted octanol–water partition coefficient (Wildman–Crippen LogP) is 6.68.